The Kier molecular flexibility index (Phi) is 7.39. The molecule has 2 aromatic rings. The Balaban J connectivity index is 0.00000261. The van der Waals surface area contributed by atoms with Crippen molar-refractivity contribution in [2.75, 3.05) is 42.9 Å². The molecule has 0 atom stereocenters. The summed E-state index contributed by atoms with van der Waals surface area (Å²) in [6, 6.07) is 15.5. The highest BCUT2D eigenvalue weighted by Crippen LogP contribution is 2.18. The molecule has 1 amide bonds. The molecule has 0 spiro atoms. The number of ketones is 1. The van der Waals surface area contributed by atoms with Gasteiger partial charge in [0.2, 0.25) is 5.91 Å². The number of rotatable bonds is 5. The van der Waals surface area contributed by atoms with Crippen molar-refractivity contribution >= 4 is 35.5 Å². The maximum Gasteiger partial charge on any atom is 0.238 e. The van der Waals surface area contributed by atoms with Crippen LogP contribution < -0.4 is 10.2 Å². The Morgan fingerprint density at radius 3 is 2.26 bits per heavy atom. The van der Waals surface area contributed by atoms with Crippen LogP contribution >= 0.6 is 12.4 Å². The number of anilines is 2. The molecule has 3 rings (SSSR count). The molecule has 0 saturated carbocycles. The lowest BCUT2D eigenvalue weighted by molar-refractivity contribution is -0.117. The van der Waals surface area contributed by atoms with Crippen molar-refractivity contribution < 1.29 is 9.59 Å². The van der Waals surface area contributed by atoms with Crippen LogP contribution in [0.25, 0.3) is 0 Å². The summed E-state index contributed by atoms with van der Waals surface area (Å²) >= 11 is 0. The number of hydrogen-bond acceptors (Lipinski definition) is 4. The van der Waals surface area contributed by atoms with Gasteiger partial charge in [0.05, 0.1) is 6.54 Å². The number of carbonyl (C=O) groups excluding carboxylic acids is 2. The van der Waals surface area contributed by atoms with Crippen LogP contribution in [0, 0.1) is 6.92 Å². The first-order chi connectivity index (χ1) is 12.5. The monoisotopic (exact) mass is 387 g/mol. The smallest absolute Gasteiger partial charge is 0.238 e. The standard InChI is InChI=1S/C21H25N3O2.ClH/c1-16-4-3-5-20(14-16)24-12-10-23(11-13-24)15-21(26)22-19-8-6-18(7-9-19)17(2)25;/h3-9,14H,10-13,15H2,1-2H3,(H,22,26);1H. The highest BCUT2D eigenvalue weighted by molar-refractivity contribution is 5.96. The second-order valence-corrected chi connectivity index (χ2v) is 6.78. The lowest BCUT2D eigenvalue weighted by Gasteiger charge is -2.35. The fourth-order valence-corrected chi connectivity index (χ4v) is 3.18. The Morgan fingerprint density at radius 2 is 1.67 bits per heavy atom. The van der Waals surface area contributed by atoms with Crippen molar-refractivity contribution in [3.8, 4) is 0 Å². The molecule has 1 saturated heterocycles. The lowest BCUT2D eigenvalue weighted by Crippen LogP contribution is -2.48. The fraction of sp³-hybridized carbons (Fsp3) is 0.333. The zero-order chi connectivity index (χ0) is 18.5. The Bertz CT molecular complexity index is 784. The van der Waals surface area contributed by atoms with Crippen LogP contribution in [0.4, 0.5) is 11.4 Å². The van der Waals surface area contributed by atoms with Crippen LogP contribution in [0.2, 0.25) is 0 Å². The quantitative estimate of drug-likeness (QED) is 0.799. The highest BCUT2D eigenvalue weighted by atomic mass is 35.5. The third-order valence-electron chi connectivity index (χ3n) is 4.68. The molecule has 1 aliphatic rings. The molecule has 5 nitrogen and oxygen atoms in total. The summed E-state index contributed by atoms with van der Waals surface area (Å²) < 4.78 is 0. The van der Waals surface area contributed by atoms with E-state index in [9.17, 15) is 9.59 Å². The Labute approximate surface area is 166 Å². The van der Waals surface area contributed by atoms with Crippen LogP contribution in [0.5, 0.6) is 0 Å². The first-order valence-electron chi connectivity index (χ1n) is 8.96. The maximum absolute atomic E-state index is 12.3. The van der Waals surface area contributed by atoms with E-state index in [2.05, 4.69) is 46.3 Å². The van der Waals surface area contributed by atoms with E-state index in [0.29, 0.717) is 12.1 Å². The number of carbonyl (C=O) groups is 2. The third-order valence-corrected chi connectivity index (χ3v) is 4.68. The van der Waals surface area contributed by atoms with Crippen molar-refractivity contribution in [1.29, 1.82) is 0 Å². The van der Waals surface area contributed by atoms with Gasteiger partial charge in [-0.15, -0.1) is 12.4 Å². The number of benzene rings is 2. The van der Waals surface area contributed by atoms with Gasteiger partial charge in [0.15, 0.2) is 5.78 Å². The van der Waals surface area contributed by atoms with Gasteiger partial charge in [0.1, 0.15) is 0 Å². The van der Waals surface area contributed by atoms with E-state index in [1.54, 1.807) is 24.3 Å². The molecule has 0 aliphatic carbocycles. The molecule has 0 aromatic heterocycles. The molecule has 2 aromatic carbocycles. The topological polar surface area (TPSA) is 52.7 Å². The average Bonchev–Trinajstić information content (AvgIpc) is 2.62. The summed E-state index contributed by atoms with van der Waals surface area (Å²) in [7, 11) is 0. The Morgan fingerprint density at radius 1 is 1.00 bits per heavy atom. The largest absolute Gasteiger partial charge is 0.369 e. The first kappa shape index (κ1) is 20.9. The number of halogens is 1. The van der Waals surface area contributed by atoms with Gasteiger partial charge < -0.3 is 10.2 Å². The van der Waals surface area contributed by atoms with E-state index >= 15 is 0 Å². The van der Waals surface area contributed by atoms with E-state index < -0.39 is 0 Å². The molecule has 6 heteroatoms. The molecule has 1 N–H and O–H groups in total. The van der Waals surface area contributed by atoms with Crippen molar-refractivity contribution in [3.63, 3.8) is 0 Å². The minimum Gasteiger partial charge on any atom is -0.369 e. The highest BCUT2D eigenvalue weighted by Gasteiger charge is 2.19. The number of Topliss-reactive ketones (excluding diaryl/α,β-unsaturated/α-hetero) is 1. The second kappa shape index (κ2) is 9.53. The molecule has 0 unspecified atom stereocenters. The van der Waals surface area contributed by atoms with E-state index in [1.165, 1.54) is 18.2 Å². The predicted octanol–water partition coefficient (Wildman–Crippen LogP) is 3.38. The van der Waals surface area contributed by atoms with Gasteiger partial charge in [-0.2, -0.15) is 0 Å². The average molecular weight is 388 g/mol. The molecular weight excluding hydrogens is 362 g/mol. The van der Waals surface area contributed by atoms with Gasteiger partial charge in [0.25, 0.3) is 0 Å². The van der Waals surface area contributed by atoms with E-state index in [4.69, 9.17) is 0 Å². The van der Waals surface area contributed by atoms with E-state index in [1.807, 2.05) is 0 Å². The summed E-state index contributed by atoms with van der Waals surface area (Å²) in [6.45, 7) is 7.59. The second-order valence-electron chi connectivity index (χ2n) is 6.78. The molecule has 1 aliphatic heterocycles. The molecule has 1 fully saturated rings. The van der Waals surface area contributed by atoms with Crippen molar-refractivity contribution in [3.05, 3.63) is 59.7 Å². The van der Waals surface area contributed by atoms with E-state index in [0.717, 1.165) is 31.9 Å². The number of nitrogens with zero attached hydrogens (tertiary/aromatic N) is 2. The number of aryl methyl sites for hydroxylation is 1. The minimum atomic E-state index is -0.0235. The van der Waals surface area contributed by atoms with Crippen molar-refractivity contribution in [2.24, 2.45) is 0 Å². The van der Waals surface area contributed by atoms with Crippen LogP contribution in [0.3, 0.4) is 0 Å². The summed E-state index contributed by atoms with van der Waals surface area (Å²) in [5.41, 5.74) is 3.88. The molecule has 1 heterocycles. The lowest BCUT2D eigenvalue weighted by atomic mass is 10.1. The molecule has 27 heavy (non-hydrogen) atoms. The van der Waals surface area contributed by atoms with E-state index in [-0.39, 0.29) is 24.1 Å². The minimum absolute atomic E-state index is 0. The SMILES string of the molecule is CC(=O)c1ccc(NC(=O)CN2CCN(c3cccc(C)c3)CC2)cc1.Cl. The molecule has 144 valence electrons. The fourth-order valence-electron chi connectivity index (χ4n) is 3.18. The van der Waals surface area contributed by atoms with Crippen LogP contribution in [0.15, 0.2) is 48.5 Å². The van der Waals surface area contributed by atoms with Crippen molar-refractivity contribution in [2.45, 2.75) is 13.8 Å². The summed E-state index contributed by atoms with van der Waals surface area (Å²) in [6.07, 6.45) is 0. The Hall–Kier alpha value is -2.37. The van der Waals surface area contributed by atoms with Crippen molar-refractivity contribution in [1.82, 2.24) is 4.90 Å². The van der Waals surface area contributed by atoms with Crippen LogP contribution in [-0.2, 0) is 4.79 Å². The van der Waals surface area contributed by atoms with Gasteiger partial charge in [-0.3, -0.25) is 14.5 Å². The van der Waals surface area contributed by atoms with Crippen LogP contribution in [-0.4, -0.2) is 49.3 Å². The molecular formula is C21H26ClN3O2. The number of piperazine rings is 1. The van der Waals surface area contributed by atoms with Gasteiger partial charge >= 0.3 is 0 Å². The summed E-state index contributed by atoms with van der Waals surface area (Å²) in [5.74, 6) is -0.000983. The summed E-state index contributed by atoms with van der Waals surface area (Å²) in [5, 5.41) is 2.90. The number of amides is 1. The normalized spacial score (nSPS) is 14.4. The van der Waals surface area contributed by atoms with Gasteiger partial charge in [-0.05, 0) is 55.8 Å². The zero-order valence-corrected chi connectivity index (χ0v) is 16.6. The zero-order valence-electron chi connectivity index (χ0n) is 15.8. The van der Waals surface area contributed by atoms with Gasteiger partial charge in [0, 0.05) is 43.1 Å². The number of hydrogen-bond donors (Lipinski definition) is 1. The first-order valence-corrected chi connectivity index (χ1v) is 8.96. The van der Waals surface area contributed by atoms with Crippen LogP contribution in [0.1, 0.15) is 22.8 Å². The molecule has 0 radical (unpaired) electrons. The molecule has 0 bridgehead atoms. The van der Waals surface area contributed by atoms with Gasteiger partial charge in [-0.25, -0.2) is 0 Å². The maximum atomic E-state index is 12.3. The third kappa shape index (κ3) is 5.81. The predicted molar refractivity (Wildman–Crippen MR) is 112 cm³/mol. The summed E-state index contributed by atoms with van der Waals surface area (Å²) in [4.78, 5) is 28.1. The number of nitrogens with one attached hydrogen (secondary N) is 1. The van der Waals surface area contributed by atoms with Gasteiger partial charge in [-0.1, -0.05) is 12.1 Å².